The van der Waals surface area contributed by atoms with Crippen LogP contribution in [0.3, 0.4) is 0 Å². The highest BCUT2D eigenvalue weighted by molar-refractivity contribution is 8.26. The number of ether oxygens (including phenoxy) is 2. The van der Waals surface area contributed by atoms with E-state index in [-0.39, 0.29) is 5.91 Å². The number of rotatable bonds is 6. The van der Waals surface area contributed by atoms with E-state index in [9.17, 15) is 4.79 Å². The van der Waals surface area contributed by atoms with E-state index in [0.29, 0.717) is 23.6 Å². The van der Waals surface area contributed by atoms with Crippen LogP contribution in [0.2, 0.25) is 0 Å². The van der Waals surface area contributed by atoms with Crippen molar-refractivity contribution in [1.82, 2.24) is 14.7 Å². The van der Waals surface area contributed by atoms with Crippen LogP contribution in [0.25, 0.3) is 0 Å². The first kappa shape index (κ1) is 20.5. The Morgan fingerprint density at radius 2 is 1.93 bits per heavy atom. The van der Waals surface area contributed by atoms with Crippen molar-refractivity contribution in [2.45, 2.75) is 26.8 Å². The Bertz CT molecular complexity index is 819. The number of fused-ring (bicyclic) bond motifs is 1. The van der Waals surface area contributed by atoms with Crippen molar-refractivity contribution < 1.29 is 14.3 Å². The minimum absolute atomic E-state index is 0.0587. The molecule has 0 aliphatic carbocycles. The Hall–Kier alpha value is -1.77. The largest absolute Gasteiger partial charge is 0.454 e. The maximum atomic E-state index is 12.7. The van der Waals surface area contributed by atoms with Gasteiger partial charge in [-0.1, -0.05) is 43.9 Å². The van der Waals surface area contributed by atoms with Crippen LogP contribution in [-0.4, -0.2) is 64.4 Å². The van der Waals surface area contributed by atoms with E-state index >= 15 is 0 Å². The fourth-order valence-corrected chi connectivity index (χ4v) is 4.90. The molecule has 0 aromatic heterocycles. The summed E-state index contributed by atoms with van der Waals surface area (Å²) in [5, 5.41) is 0. The van der Waals surface area contributed by atoms with Crippen LogP contribution in [0.15, 0.2) is 29.3 Å². The van der Waals surface area contributed by atoms with Gasteiger partial charge in [-0.05, 0) is 30.0 Å². The molecule has 8 heteroatoms. The molecule has 0 radical (unpaired) electrons. The second-order valence-electron chi connectivity index (χ2n) is 8.00. The monoisotopic (exact) mass is 433 g/mol. The number of nitrogens with zero attached hydrogens (tertiary/aromatic N) is 3. The first-order valence-electron chi connectivity index (χ1n) is 10.1. The molecule has 6 nitrogen and oxygen atoms in total. The van der Waals surface area contributed by atoms with Crippen molar-refractivity contribution >= 4 is 34.2 Å². The molecule has 0 N–H and O–H groups in total. The van der Waals surface area contributed by atoms with Crippen molar-refractivity contribution in [1.29, 1.82) is 0 Å². The number of hydrogen-bond donors (Lipinski definition) is 0. The van der Waals surface area contributed by atoms with Gasteiger partial charge in [-0.3, -0.25) is 14.6 Å². The SMILES string of the molecule is CC(C)CCN1C(=O)C(=CN2CCN(Cc3ccc4c(c3)OCO4)CC2)SC1=S. The zero-order valence-electron chi connectivity index (χ0n) is 16.9. The van der Waals surface area contributed by atoms with Gasteiger partial charge in [0.1, 0.15) is 4.32 Å². The lowest BCUT2D eigenvalue weighted by Gasteiger charge is -2.34. The summed E-state index contributed by atoms with van der Waals surface area (Å²) in [7, 11) is 0. The lowest BCUT2D eigenvalue weighted by Crippen LogP contribution is -2.43. The fourth-order valence-electron chi connectivity index (χ4n) is 3.58. The third-order valence-electron chi connectivity index (χ3n) is 5.35. The highest BCUT2D eigenvalue weighted by Crippen LogP contribution is 2.33. The van der Waals surface area contributed by atoms with Crippen molar-refractivity contribution in [2.75, 3.05) is 39.5 Å². The number of amides is 1. The number of piperazine rings is 1. The Morgan fingerprint density at radius 1 is 1.17 bits per heavy atom. The van der Waals surface area contributed by atoms with Gasteiger partial charge in [-0.25, -0.2) is 0 Å². The molecule has 3 aliphatic heterocycles. The van der Waals surface area contributed by atoms with Gasteiger partial charge in [0.05, 0.1) is 4.91 Å². The van der Waals surface area contributed by atoms with Gasteiger partial charge < -0.3 is 14.4 Å². The average Bonchev–Trinajstić information content (AvgIpc) is 3.26. The third-order valence-corrected chi connectivity index (χ3v) is 6.72. The molecule has 2 saturated heterocycles. The predicted molar refractivity (Wildman–Crippen MR) is 119 cm³/mol. The summed E-state index contributed by atoms with van der Waals surface area (Å²) in [6.07, 6.45) is 2.98. The van der Waals surface area contributed by atoms with Crippen LogP contribution in [0.4, 0.5) is 0 Å². The molecular formula is C21H27N3O3S2. The molecule has 0 saturated carbocycles. The molecule has 29 heavy (non-hydrogen) atoms. The summed E-state index contributed by atoms with van der Waals surface area (Å²) < 4.78 is 11.5. The summed E-state index contributed by atoms with van der Waals surface area (Å²) in [5.74, 6) is 2.27. The summed E-state index contributed by atoms with van der Waals surface area (Å²) in [6, 6.07) is 6.15. The smallest absolute Gasteiger partial charge is 0.267 e. The van der Waals surface area contributed by atoms with E-state index < -0.39 is 0 Å². The van der Waals surface area contributed by atoms with E-state index in [1.165, 1.54) is 17.3 Å². The van der Waals surface area contributed by atoms with E-state index in [1.807, 2.05) is 12.3 Å². The molecule has 1 aromatic carbocycles. The molecule has 2 fully saturated rings. The normalized spacial score (nSPS) is 21.1. The topological polar surface area (TPSA) is 45.3 Å². The Morgan fingerprint density at radius 3 is 2.69 bits per heavy atom. The number of carbonyl (C=O) groups excluding carboxylic acids is 1. The third kappa shape index (κ3) is 4.87. The Kier molecular flexibility index (Phi) is 6.32. The summed E-state index contributed by atoms with van der Waals surface area (Å²) in [4.78, 5) is 19.9. The standard InChI is InChI=1S/C21H27N3O3S2/c1-15(2)5-6-24-20(25)19(29-21(24)28)13-23-9-7-22(8-10-23)12-16-3-4-17-18(11-16)27-14-26-17/h3-4,11,13,15H,5-10,12,14H2,1-2H3. The zero-order chi connectivity index (χ0) is 20.4. The second-order valence-corrected chi connectivity index (χ2v) is 9.68. The molecule has 0 bridgehead atoms. The van der Waals surface area contributed by atoms with Crippen LogP contribution >= 0.6 is 24.0 Å². The molecule has 4 rings (SSSR count). The van der Waals surface area contributed by atoms with E-state index in [1.54, 1.807) is 4.90 Å². The minimum atomic E-state index is 0.0587. The molecule has 1 aromatic rings. The first-order valence-corrected chi connectivity index (χ1v) is 11.3. The molecule has 3 aliphatic rings. The fraction of sp³-hybridized carbons (Fsp3) is 0.524. The molecule has 3 heterocycles. The van der Waals surface area contributed by atoms with Gasteiger partial charge >= 0.3 is 0 Å². The van der Waals surface area contributed by atoms with E-state index in [4.69, 9.17) is 21.7 Å². The highest BCUT2D eigenvalue weighted by atomic mass is 32.2. The van der Waals surface area contributed by atoms with Crippen molar-refractivity contribution in [3.8, 4) is 11.5 Å². The van der Waals surface area contributed by atoms with Crippen molar-refractivity contribution in [2.24, 2.45) is 5.92 Å². The summed E-state index contributed by atoms with van der Waals surface area (Å²) in [6.45, 7) is 9.96. The van der Waals surface area contributed by atoms with Crippen molar-refractivity contribution in [3.05, 3.63) is 34.9 Å². The zero-order valence-corrected chi connectivity index (χ0v) is 18.6. The highest BCUT2D eigenvalue weighted by Gasteiger charge is 2.32. The molecule has 0 unspecified atom stereocenters. The number of carbonyl (C=O) groups is 1. The number of hydrogen-bond acceptors (Lipinski definition) is 7. The van der Waals surface area contributed by atoms with Crippen LogP contribution in [0.1, 0.15) is 25.8 Å². The average molecular weight is 434 g/mol. The summed E-state index contributed by atoms with van der Waals surface area (Å²) >= 11 is 6.85. The van der Waals surface area contributed by atoms with E-state index in [2.05, 4.69) is 35.8 Å². The minimum Gasteiger partial charge on any atom is -0.454 e. The van der Waals surface area contributed by atoms with Crippen LogP contribution in [-0.2, 0) is 11.3 Å². The number of benzene rings is 1. The van der Waals surface area contributed by atoms with Gasteiger partial charge in [0.15, 0.2) is 11.5 Å². The molecule has 0 spiro atoms. The molecule has 1 amide bonds. The molecule has 156 valence electrons. The first-order chi connectivity index (χ1) is 14.0. The maximum absolute atomic E-state index is 12.7. The predicted octanol–water partition coefficient (Wildman–Crippen LogP) is 3.28. The maximum Gasteiger partial charge on any atom is 0.267 e. The van der Waals surface area contributed by atoms with Crippen LogP contribution in [0.5, 0.6) is 11.5 Å². The van der Waals surface area contributed by atoms with Gasteiger partial charge in [-0.15, -0.1) is 0 Å². The van der Waals surface area contributed by atoms with Crippen LogP contribution in [0, 0.1) is 5.92 Å². The van der Waals surface area contributed by atoms with Crippen LogP contribution < -0.4 is 9.47 Å². The molecule has 0 atom stereocenters. The number of thiocarbonyl (C=S) groups is 1. The van der Waals surface area contributed by atoms with Crippen molar-refractivity contribution in [3.63, 3.8) is 0 Å². The Labute approximate surface area is 181 Å². The number of thioether (sulfide) groups is 1. The molecular weight excluding hydrogens is 406 g/mol. The van der Waals surface area contributed by atoms with Gasteiger partial charge in [0, 0.05) is 45.5 Å². The second kappa shape index (κ2) is 8.93. The Balaban J connectivity index is 1.29. The van der Waals surface area contributed by atoms with E-state index in [0.717, 1.165) is 55.5 Å². The van der Waals surface area contributed by atoms with Gasteiger partial charge in [0.25, 0.3) is 5.91 Å². The summed E-state index contributed by atoms with van der Waals surface area (Å²) in [5.41, 5.74) is 1.23. The van der Waals surface area contributed by atoms with Gasteiger partial charge in [0.2, 0.25) is 6.79 Å². The van der Waals surface area contributed by atoms with Gasteiger partial charge in [-0.2, -0.15) is 0 Å². The quantitative estimate of drug-likeness (QED) is 0.504. The lowest BCUT2D eigenvalue weighted by molar-refractivity contribution is -0.122. The lowest BCUT2D eigenvalue weighted by atomic mass is 10.1.